The van der Waals surface area contributed by atoms with Crippen LogP contribution in [0.5, 0.6) is 0 Å². The Kier molecular flexibility index (Phi) is 4.92. The number of hydrogen-bond donors (Lipinski definition) is 1. The minimum atomic E-state index is -0.624. The molecular formula is C18H27NO2. The van der Waals surface area contributed by atoms with Crippen LogP contribution >= 0.6 is 0 Å². The van der Waals surface area contributed by atoms with Crippen molar-refractivity contribution < 1.29 is 9.90 Å². The van der Waals surface area contributed by atoms with E-state index in [4.69, 9.17) is 0 Å². The van der Waals surface area contributed by atoms with Gasteiger partial charge in [0.25, 0.3) is 0 Å². The van der Waals surface area contributed by atoms with E-state index < -0.39 is 11.4 Å². The fourth-order valence-electron chi connectivity index (χ4n) is 3.41. The quantitative estimate of drug-likeness (QED) is 0.887. The van der Waals surface area contributed by atoms with Crippen molar-refractivity contribution in [2.45, 2.75) is 46.5 Å². The Morgan fingerprint density at radius 2 is 1.95 bits per heavy atom. The van der Waals surface area contributed by atoms with Crippen LogP contribution in [0.1, 0.15) is 45.1 Å². The van der Waals surface area contributed by atoms with Gasteiger partial charge in [-0.05, 0) is 57.1 Å². The maximum absolute atomic E-state index is 11.9. The van der Waals surface area contributed by atoms with E-state index in [2.05, 4.69) is 37.8 Å². The summed E-state index contributed by atoms with van der Waals surface area (Å²) in [6, 6.07) is 8.25. The highest BCUT2D eigenvalue weighted by Gasteiger charge is 2.42. The smallest absolute Gasteiger partial charge is 0.311 e. The number of para-hydroxylation sites is 1. The fraction of sp³-hybridized carbons (Fsp3) is 0.611. The first-order chi connectivity index (χ1) is 9.98. The SMILES string of the molecule is CCN(CC1(C(=O)O)CCC(C)CC1)c1ccccc1C. The molecule has 21 heavy (non-hydrogen) atoms. The average Bonchev–Trinajstić information content (AvgIpc) is 2.48. The van der Waals surface area contributed by atoms with Crippen LogP contribution in [0.25, 0.3) is 0 Å². The van der Waals surface area contributed by atoms with Crippen molar-refractivity contribution in [3.8, 4) is 0 Å². The molecule has 2 rings (SSSR count). The van der Waals surface area contributed by atoms with Crippen molar-refractivity contribution in [3.05, 3.63) is 29.8 Å². The first kappa shape index (κ1) is 15.9. The summed E-state index contributed by atoms with van der Waals surface area (Å²) in [6.07, 6.45) is 3.65. The van der Waals surface area contributed by atoms with Gasteiger partial charge in [0.05, 0.1) is 5.41 Å². The van der Waals surface area contributed by atoms with Gasteiger partial charge in [0.15, 0.2) is 0 Å². The predicted molar refractivity (Wildman–Crippen MR) is 86.8 cm³/mol. The Morgan fingerprint density at radius 1 is 1.33 bits per heavy atom. The third-order valence-corrected chi connectivity index (χ3v) is 5.02. The van der Waals surface area contributed by atoms with Crippen molar-refractivity contribution in [2.75, 3.05) is 18.0 Å². The van der Waals surface area contributed by atoms with Crippen LogP contribution in [-0.2, 0) is 4.79 Å². The lowest BCUT2D eigenvalue weighted by Crippen LogP contribution is -2.45. The summed E-state index contributed by atoms with van der Waals surface area (Å²) in [6.45, 7) is 7.89. The standard InChI is InChI=1S/C18H27NO2/c1-4-19(16-8-6-5-7-15(16)3)13-18(17(20)21)11-9-14(2)10-12-18/h5-8,14H,4,9-13H2,1-3H3,(H,20,21). The monoisotopic (exact) mass is 289 g/mol. The number of hydrogen-bond acceptors (Lipinski definition) is 2. The molecule has 1 saturated carbocycles. The lowest BCUT2D eigenvalue weighted by Gasteiger charge is -2.40. The summed E-state index contributed by atoms with van der Waals surface area (Å²) in [7, 11) is 0. The second-order valence-corrected chi connectivity index (χ2v) is 6.57. The number of carbonyl (C=O) groups is 1. The molecule has 0 heterocycles. The van der Waals surface area contributed by atoms with Crippen molar-refractivity contribution >= 4 is 11.7 Å². The maximum atomic E-state index is 11.9. The Balaban J connectivity index is 2.23. The predicted octanol–water partition coefficient (Wildman–Crippen LogP) is 4.10. The minimum Gasteiger partial charge on any atom is -0.481 e. The highest BCUT2D eigenvalue weighted by Crippen LogP contribution is 2.40. The summed E-state index contributed by atoms with van der Waals surface area (Å²) in [5, 5.41) is 9.81. The van der Waals surface area contributed by atoms with Crippen LogP contribution in [-0.4, -0.2) is 24.2 Å². The van der Waals surface area contributed by atoms with Crippen LogP contribution in [0.3, 0.4) is 0 Å². The number of aryl methyl sites for hydroxylation is 1. The number of benzene rings is 1. The molecular weight excluding hydrogens is 262 g/mol. The molecule has 0 spiro atoms. The van der Waals surface area contributed by atoms with Crippen LogP contribution in [0.2, 0.25) is 0 Å². The molecule has 1 aliphatic rings. The van der Waals surface area contributed by atoms with Gasteiger partial charge >= 0.3 is 5.97 Å². The largest absolute Gasteiger partial charge is 0.481 e. The summed E-state index contributed by atoms with van der Waals surface area (Å²) in [5.74, 6) is 0.0347. The highest BCUT2D eigenvalue weighted by molar-refractivity contribution is 5.76. The van der Waals surface area contributed by atoms with E-state index in [1.54, 1.807) is 0 Å². The lowest BCUT2D eigenvalue weighted by atomic mass is 9.70. The molecule has 0 unspecified atom stereocenters. The number of rotatable bonds is 5. The number of carboxylic acids is 1. The van der Waals surface area contributed by atoms with Crippen molar-refractivity contribution in [2.24, 2.45) is 11.3 Å². The topological polar surface area (TPSA) is 40.5 Å². The molecule has 3 nitrogen and oxygen atoms in total. The second-order valence-electron chi connectivity index (χ2n) is 6.57. The van der Waals surface area contributed by atoms with Gasteiger partial charge in [0, 0.05) is 18.8 Å². The second kappa shape index (κ2) is 6.50. The van der Waals surface area contributed by atoms with Gasteiger partial charge in [0.1, 0.15) is 0 Å². The van der Waals surface area contributed by atoms with E-state index in [1.807, 2.05) is 12.1 Å². The highest BCUT2D eigenvalue weighted by atomic mass is 16.4. The van der Waals surface area contributed by atoms with E-state index in [1.165, 1.54) is 11.3 Å². The molecule has 0 saturated heterocycles. The van der Waals surface area contributed by atoms with Gasteiger partial charge in [-0.3, -0.25) is 4.79 Å². The average molecular weight is 289 g/mol. The molecule has 1 aromatic rings. The molecule has 1 N–H and O–H groups in total. The fourth-order valence-corrected chi connectivity index (χ4v) is 3.41. The molecule has 0 aromatic heterocycles. The zero-order valence-electron chi connectivity index (χ0n) is 13.4. The van der Waals surface area contributed by atoms with Crippen molar-refractivity contribution in [1.29, 1.82) is 0 Å². The molecule has 1 aromatic carbocycles. The molecule has 0 aliphatic heterocycles. The van der Waals surface area contributed by atoms with Gasteiger partial charge in [-0.2, -0.15) is 0 Å². The van der Waals surface area contributed by atoms with E-state index in [0.29, 0.717) is 12.5 Å². The number of aliphatic carboxylic acids is 1. The van der Waals surface area contributed by atoms with Crippen LogP contribution < -0.4 is 4.90 Å². The Bertz CT molecular complexity index is 490. The van der Waals surface area contributed by atoms with Gasteiger partial charge < -0.3 is 10.0 Å². The summed E-state index contributed by atoms with van der Waals surface area (Å²) < 4.78 is 0. The molecule has 1 aliphatic carbocycles. The first-order valence-corrected chi connectivity index (χ1v) is 8.02. The van der Waals surface area contributed by atoms with Crippen LogP contribution in [0.4, 0.5) is 5.69 Å². The molecule has 1 fully saturated rings. The third kappa shape index (κ3) is 3.39. The molecule has 0 bridgehead atoms. The Labute approximate surface area is 128 Å². The zero-order chi connectivity index (χ0) is 15.5. The molecule has 0 radical (unpaired) electrons. The van der Waals surface area contributed by atoms with Gasteiger partial charge in [-0.1, -0.05) is 25.1 Å². The number of nitrogens with zero attached hydrogens (tertiary/aromatic N) is 1. The minimum absolute atomic E-state index is 0.579. The Hall–Kier alpha value is -1.51. The van der Waals surface area contributed by atoms with Crippen molar-refractivity contribution in [1.82, 2.24) is 0 Å². The van der Waals surface area contributed by atoms with Gasteiger partial charge in [-0.25, -0.2) is 0 Å². The molecule has 0 amide bonds. The maximum Gasteiger partial charge on any atom is 0.311 e. The van der Waals surface area contributed by atoms with Crippen LogP contribution in [0.15, 0.2) is 24.3 Å². The molecule has 116 valence electrons. The number of carboxylic acid groups (broad SMARTS) is 1. The molecule has 0 atom stereocenters. The zero-order valence-corrected chi connectivity index (χ0v) is 13.4. The van der Waals surface area contributed by atoms with Gasteiger partial charge in [-0.15, -0.1) is 0 Å². The Morgan fingerprint density at radius 3 is 2.48 bits per heavy atom. The summed E-state index contributed by atoms with van der Waals surface area (Å²) in [5.41, 5.74) is 1.80. The summed E-state index contributed by atoms with van der Waals surface area (Å²) in [4.78, 5) is 14.2. The van der Waals surface area contributed by atoms with E-state index in [9.17, 15) is 9.90 Å². The van der Waals surface area contributed by atoms with E-state index in [-0.39, 0.29) is 0 Å². The molecule has 3 heteroatoms. The van der Waals surface area contributed by atoms with Crippen molar-refractivity contribution in [3.63, 3.8) is 0 Å². The number of anilines is 1. The normalized spacial score (nSPS) is 25.6. The third-order valence-electron chi connectivity index (χ3n) is 5.02. The van der Waals surface area contributed by atoms with Gasteiger partial charge in [0.2, 0.25) is 0 Å². The van der Waals surface area contributed by atoms with E-state index in [0.717, 1.165) is 32.2 Å². The first-order valence-electron chi connectivity index (χ1n) is 8.02. The lowest BCUT2D eigenvalue weighted by molar-refractivity contribution is -0.150. The van der Waals surface area contributed by atoms with E-state index >= 15 is 0 Å². The van der Waals surface area contributed by atoms with Crippen LogP contribution in [0, 0.1) is 18.3 Å². The summed E-state index contributed by atoms with van der Waals surface area (Å²) >= 11 is 0.